The fourth-order valence-electron chi connectivity index (χ4n) is 2.56. The lowest BCUT2D eigenvalue weighted by molar-refractivity contribution is 0.0931. The van der Waals surface area contributed by atoms with Crippen LogP contribution in [0.4, 0.5) is 5.69 Å². The van der Waals surface area contributed by atoms with Gasteiger partial charge in [-0.15, -0.1) is 0 Å². The third-order valence-electron chi connectivity index (χ3n) is 3.90. The fraction of sp³-hybridized carbons (Fsp3) is 0.235. The number of nitrogens with one attached hydrogen (secondary N) is 4. The highest BCUT2D eigenvalue weighted by Gasteiger charge is 2.34. The Balaban J connectivity index is 1.67. The molecule has 0 saturated carbocycles. The molecule has 126 valence electrons. The summed E-state index contributed by atoms with van der Waals surface area (Å²) in [4.78, 5) is 12.4. The van der Waals surface area contributed by atoms with Gasteiger partial charge in [0.1, 0.15) is 11.9 Å². The topological polar surface area (TPSA) is 100 Å². The Morgan fingerprint density at radius 2 is 1.79 bits per heavy atom. The van der Waals surface area contributed by atoms with Crippen LogP contribution in [0.2, 0.25) is 0 Å². The largest absolute Gasteiger partial charge is 0.497 e. The van der Waals surface area contributed by atoms with Gasteiger partial charge in [0.25, 0.3) is 5.91 Å². The highest BCUT2D eigenvalue weighted by Crippen LogP contribution is 2.17. The van der Waals surface area contributed by atoms with E-state index in [-0.39, 0.29) is 18.1 Å². The molecule has 3 rings (SSSR count). The lowest BCUT2D eigenvalue weighted by Gasteiger charge is -2.24. The smallest absolute Gasteiger partial charge is 0.251 e. The standard InChI is InChI=1S/C17H21N5O2/c1-24-13-9-7-12(8-10-13)19-16-14(15(18)21-22-16)20-17(23)11-5-3-2-4-6-11/h2-10,14-16,19,21-22H,18H2,1H3,(H,20,23). The van der Waals surface area contributed by atoms with Crippen LogP contribution in [0.25, 0.3) is 0 Å². The zero-order chi connectivity index (χ0) is 16.9. The van der Waals surface area contributed by atoms with Crippen LogP contribution in [-0.4, -0.2) is 31.4 Å². The van der Waals surface area contributed by atoms with Gasteiger partial charge in [0.2, 0.25) is 0 Å². The van der Waals surface area contributed by atoms with Gasteiger partial charge in [-0.25, -0.2) is 10.9 Å². The number of hydrogen-bond donors (Lipinski definition) is 5. The van der Waals surface area contributed by atoms with Crippen molar-refractivity contribution in [3.8, 4) is 5.75 Å². The van der Waals surface area contributed by atoms with Gasteiger partial charge < -0.3 is 21.1 Å². The highest BCUT2D eigenvalue weighted by atomic mass is 16.5. The van der Waals surface area contributed by atoms with Crippen molar-refractivity contribution in [2.24, 2.45) is 5.73 Å². The Morgan fingerprint density at radius 3 is 2.46 bits per heavy atom. The van der Waals surface area contributed by atoms with Gasteiger partial charge in [-0.2, -0.15) is 0 Å². The summed E-state index contributed by atoms with van der Waals surface area (Å²) in [5.74, 6) is 0.617. The number of hydrazine groups is 1. The van der Waals surface area contributed by atoms with Crippen molar-refractivity contribution in [3.05, 3.63) is 60.2 Å². The van der Waals surface area contributed by atoms with Crippen LogP contribution < -0.4 is 32.0 Å². The minimum Gasteiger partial charge on any atom is -0.497 e. The van der Waals surface area contributed by atoms with Crippen molar-refractivity contribution in [2.45, 2.75) is 18.4 Å². The van der Waals surface area contributed by atoms with E-state index < -0.39 is 6.17 Å². The Bertz CT molecular complexity index is 677. The van der Waals surface area contributed by atoms with E-state index in [4.69, 9.17) is 10.5 Å². The Kier molecular flexibility index (Phi) is 4.95. The first-order valence-corrected chi connectivity index (χ1v) is 7.70. The van der Waals surface area contributed by atoms with Gasteiger partial charge in [0.05, 0.1) is 19.3 Å². The molecule has 2 aromatic carbocycles. The number of carbonyl (C=O) groups excluding carboxylic acids is 1. The molecule has 0 bridgehead atoms. The number of rotatable bonds is 5. The molecule has 0 spiro atoms. The highest BCUT2D eigenvalue weighted by molar-refractivity contribution is 5.94. The molecule has 1 amide bonds. The Labute approximate surface area is 140 Å². The number of anilines is 1. The minimum absolute atomic E-state index is 0.164. The summed E-state index contributed by atoms with van der Waals surface area (Å²) in [6.07, 6.45) is -0.658. The summed E-state index contributed by atoms with van der Waals surface area (Å²) >= 11 is 0. The van der Waals surface area contributed by atoms with Crippen molar-refractivity contribution in [3.63, 3.8) is 0 Å². The summed E-state index contributed by atoms with van der Waals surface area (Å²) in [5.41, 5.74) is 13.5. The van der Waals surface area contributed by atoms with E-state index in [1.165, 1.54) is 0 Å². The number of nitrogens with two attached hydrogens (primary N) is 1. The molecule has 24 heavy (non-hydrogen) atoms. The van der Waals surface area contributed by atoms with Crippen molar-refractivity contribution < 1.29 is 9.53 Å². The van der Waals surface area contributed by atoms with Crippen LogP contribution in [-0.2, 0) is 0 Å². The molecule has 1 aliphatic rings. The molecule has 3 atom stereocenters. The molecule has 0 aromatic heterocycles. The predicted octanol–water partition coefficient (Wildman–Crippen LogP) is 0.624. The quantitative estimate of drug-likeness (QED) is 0.552. The Hall–Kier alpha value is -2.61. The van der Waals surface area contributed by atoms with Crippen LogP contribution in [0.15, 0.2) is 54.6 Å². The second-order valence-electron chi connectivity index (χ2n) is 5.53. The molecule has 6 N–H and O–H groups in total. The van der Waals surface area contributed by atoms with Crippen LogP contribution in [0.1, 0.15) is 10.4 Å². The molecular weight excluding hydrogens is 306 g/mol. The van der Waals surface area contributed by atoms with Crippen LogP contribution in [0.3, 0.4) is 0 Å². The van der Waals surface area contributed by atoms with E-state index in [9.17, 15) is 4.79 Å². The van der Waals surface area contributed by atoms with Crippen LogP contribution in [0.5, 0.6) is 5.75 Å². The van der Waals surface area contributed by atoms with Crippen molar-refractivity contribution in [2.75, 3.05) is 12.4 Å². The number of methoxy groups -OCH3 is 1. The van der Waals surface area contributed by atoms with E-state index in [0.29, 0.717) is 5.56 Å². The number of amides is 1. The molecule has 0 aliphatic carbocycles. The SMILES string of the molecule is COc1ccc(NC2NNC(N)C2NC(=O)c2ccccc2)cc1. The minimum atomic E-state index is -0.409. The molecule has 1 saturated heterocycles. The first-order chi connectivity index (χ1) is 11.7. The number of hydrogen-bond acceptors (Lipinski definition) is 6. The average Bonchev–Trinajstić information content (AvgIpc) is 2.96. The van der Waals surface area contributed by atoms with Gasteiger partial charge in [-0.3, -0.25) is 4.79 Å². The monoisotopic (exact) mass is 327 g/mol. The van der Waals surface area contributed by atoms with Gasteiger partial charge in [-0.05, 0) is 36.4 Å². The molecule has 3 unspecified atom stereocenters. The average molecular weight is 327 g/mol. The number of benzene rings is 2. The molecule has 7 nitrogen and oxygen atoms in total. The van der Waals surface area contributed by atoms with E-state index in [1.54, 1.807) is 19.2 Å². The van der Waals surface area contributed by atoms with Gasteiger partial charge in [0, 0.05) is 11.3 Å². The first-order valence-electron chi connectivity index (χ1n) is 7.70. The Morgan fingerprint density at radius 1 is 1.08 bits per heavy atom. The number of carbonyl (C=O) groups is 1. The zero-order valence-electron chi connectivity index (χ0n) is 13.3. The van der Waals surface area contributed by atoms with Crippen LogP contribution in [0, 0.1) is 0 Å². The van der Waals surface area contributed by atoms with Gasteiger partial charge in [-0.1, -0.05) is 18.2 Å². The van der Waals surface area contributed by atoms with Gasteiger partial charge >= 0.3 is 0 Å². The third kappa shape index (κ3) is 3.65. The lowest BCUT2D eigenvalue weighted by atomic mass is 10.1. The van der Waals surface area contributed by atoms with Crippen LogP contribution >= 0.6 is 0 Å². The summed E-state index contributed by atoms with van der Waals surface area (Å²) in [6, 6.07) is 16.3. The molecule has 1 fully saturated rings. The molecule has 2 aromatic rings. The molecular formula is C17H21N5O2. The second-order valence-corrected chi connectivity index (χ2v) is 5.53. The van der Waals surface area contributed by atoms with E-state index in [1.807, 2.05) is 42.5 Å². The second kappa shape index (κ2) is 7.31. The maximum absolute atomic E-state index is 12.4. The molecule has 0 radical (unpaired) electrons. The van der Waals surface area contributed by atoms with Crippen molar-refractivity contribution in [1.82, 2.24) is 16.2 Å². The van der Waals surface area contributed by atoms with E-state index >= 15 is 0 Å². The molecule has 7 heteroatoms. The van der Waals surface area contributed by atoms with Crippen molar-refractivity contribution in [1.29, 1.82) is 0 Å². The summed E-state index contributed by atoms with van der Waals surface area (Å²) in [7, 11) is 1.62. The zero-order valence-corrected chi connectivity index (χ0v) is 13.3. The van der Waals surface area contributed by atoms with E-state index in [0.717, 1.165) is 11.4 Å². The maximum atomic E-state index is 12.4. The van der Waals surface area contributed by atoms with Crippen molar-refractivity contribution >= 4 is 11.6 Å². The molecule has 1 aliphatic heterocycles. The number of ether oxygens (including phenoxy) is 1. The summed E-state index contributed by atoms with van der Waals surface area (Å²) in [5, 5.41) is 6.27. The maximum Gasteiger partial charge on any atom is 0.251 e. The fourth-order valence-corrected chi connectivity index (χ4v) is 2.56. The third-order valence-corrected chi connectivity index (χ3v) is 3.90. The summed E-state index contributed by atoms with van der Waals surface area (Å²) < 4.78 is 5.15. The predicted molar refractivity (Wildman–Crippen MR) is 92.3 cm³/mol. The lowest BCUT2D eigenvalue weighted by Crippen LogP contribution is -2.53. The normalized spacial score (nSPS) is 22.8. The molecule has 1 heterocycles. The van der Waals surface area contributed by atoms with E-state index in [2.05, 4.69) is 21.5 Å². The first kappa shape index (κ1) is 16.3. The van der Waals surface area contributed by atoms with Gasteiger partial charge in [0.15, 0.2) is 0 Å². The summed E-state index contributed by atoms with van der Waals surface area (Å²) in [6.45, 7) is 0.